The Labute approximate surface area is 151 Å². The quantitative estimate of drug-likeness (QED) is 0.537. The Bertz CT molecular complexity index is 418. The third-order valence-corrected chi connectivity index (χ3v) is 5.60. The van der Waals surface area contributed by atoms with Crippen LogP contribution in [0.3, 0.4) is 0 Å². The molecule has 1 aliphatic rings. The molecule has 3 heteroatoms. The van der Waals surface area contributed by atoms with E-state index in [4.69, 9.17) is 0 Å². The lowest BCUT2D eigenvalue weighted by molar-refractivity contribution is 0.114. The zero-order valence-electron chi connectivity index (χ0n) is 17.8. The fraction of sp³-hybridized carbons (Fsp3) is 0.952. The highest BCUT2D eigenvalue weighted by Gasteiger charge is 2.42. The van der Waals surface area contributed by atoms with Crippen LogP contribution in [0.15, 0.2) is 0 Å². The monoisotopic (exact) mass is 338 g/mol. The number of nitrogens with zero attached hydrogens (tertiary/aromatic N) is 2. The van der Waals surface area contributed by atoms with Gasteiger partial charge in [-0.15, -0.1) is 0 Å². The minimum atomic E-state index is -0.0853. The van der Waals surface area contributed by atoms with E-state index < -0.39 is 0 Å². The summed E-state index contributed by atoms with van der Waals surface area (Å²) in [5.41, 5.74) is 0.211. The smallest absolute Gasteiger partial charge is 0.318 e. The van der Waals surface area contributed by atoms with Gasteiger partial charge in [-0.3, -0.25) is 0 Å². The summed E-state index contributed by atoms with van der Waals surface area (Å²) in [7, 11) is 0. The first-order valence-corrected chi connectivity index (χ1v) is 9.85. The number of carbonyl (C=O) groups excluding carboxylic acids is 1. The summed E-state index contributed by atoms with van der Waals surface area (Å²) >= 11 is 0. The number of amides is 2. The molecule has 0 unspecified atom stereocenters. The predicted molar refractivity (Wildman–Crippen MR) is 104 cm³/mol. The Hall–Kier alpha value is -0.730. The Morgan fingerprint density at radius 3 is 1.88 bits per heavy atom. The van der Waals surface area contributed by atoms with Crippen molar-refractivity contribution >= 4 is 6.03 Å². The summed E-state index contributed by atoms with van der Waals surface area (Å²) in [5.74, 6) is 0.794. The van der Waals surface area contributed by atoms with Gasteiger partial charge >= 0.3 is 6.03 Å². The van der Waals surface area contributed by atoms with Gasteiger partial charge in [-0.05, 0) is 65.2 Å². The normalized spacial score (nSPS) is 17.3. The van der Waals surface area contributed by atoms with Crippen LogP contribution in [-0.2, 0) is 0 Å². The van der Waals surface area contributed by atoms with Gasteiger partial charge < -0.3 is 9.80 Å². The van der Waals surface area contributed by atoms with Crippen LogP contribution < -0.4 is 0 Å². The average Bonchev–Trinajstić information content (AvgIpc) is 2.78. The molecule has 1 rings (SSSR count). The molecule has 0 aliphatic carbocycles. The SMILES string of the molecule is CC(C)CCCC(C)(C)CCC(C)(C)N1CCN(C(C)(C)C)C1=O. The van der Waals surface area contributed by atoms with Crippen molar-refractivity contribution < 1.29 is 4.79 Å². The summed E-state index contributed by atoms with van der Waals surface area (Å²) in [6, 6.07) is 0.213. The highest BCUT2D eigenvalue weighted by atomic mass is 16.2. The van der Waals surface area contributed by atoms with Crippen LogP contribution in [0.25, 0.3) is 0 Å². The summed E-state index contributed by atoms with van der Waals surface area (Å²) < 4.78 is 0. The maximum absolute atomic E-state index is 12.8. The number of hydrogen-bond donors (Lipinski definition) is 0. The van der Waals surface area contributed by atoms with Crippen LogP contribution in [0.1, 0.15) is 94.4 Å². The fourth-order valence-corrected chi connectivity index (χ4v) is 3.61. The van der Waals surface area contributed by atoms with E-state index in [1.807, 2.05) is 4.90 Å². The number of carbonyl (C=O) groups is 1. The van der Waals surface area contributed by atoms with E-state index in [1.165, 1.54) is 25.7 Å². The minimum Gasteiger partial charge on any atom is -0.318 e. The minimum absolute atomic E-state index is 0.0631. The fourth-order valence-electron chi connectivity index (χ4n) is 3.61. The number of rotatable bonds is 8. The molecular formula is C21H42N2O. The van der Waals surface area contributed by atoms with Crippen LogP contribution in [0.4, 0.5) is 4.79 Å². The lowest BCUT2D eigenvalue weighted by Gasteiger charge is -2.39. The van der Waals surface area contributed by atoms with E-state index in [-0.39, 0.29) is 17.1 Å². The molecule has 0 bridgehead atoms. The van der Waals surface area contributed by atoms with Gasteiger partial charge in [0.1, 0.15) is 0 Å². The molecule has 0 aromatic heterocycles. The molecule has 142 valence electrons. The molecule has 0 radical (unpaired) electrons. The van der Waals surface area contributed by atoms with Crippen LogP contribution in [0.5, 0.6) is 0 Å². The Kier molecular flexibility index (Phi) is 6.80. The second kappa shape index (κ2) is 7.66. The number of hydrogen-bond acceptors (Lipinski definition) is 1. The highest BCUT2D eigenvalue weighted by molar-refractivity contribution is 5.78. The molecule has 24 heavy (non-hydrogen) atoms. The largest absolute Gasteiger partial charge is 0.321 e. The predicted octanol–water partition coefficient (Wildman–Crippen LogP) is 5.93. The average molecular weight is 339 g/mol. The molecule has 1 fully saturated rings. The van der Waals surface area contributed by atoms with E-state index in [0.29, 0.717) is 5.41 Å². The van der Waals surface area contributed by atoms with Crippen molar-refractivity contribution in [3.8, 4) is 0 Å². The van der Waals surface area contributed by atoms with Crippen LogP contribution in [-0.4, -0.2) is 40.0 Å². The number of urea groups is 1. The first-order valence-electron chi connectivity index (χ1n) is 9.85. The Balaban J connectivity index is 2.59. The van der Waals surface area contributed by atoms with E-state index in [0.717, 1.165) is 25.4 Å². The molecule has 1 aliphatic heterocycles. The Morgan fingerprint density at radius 2 is 1.42 bits per heavy atom. The van der Waals surface area contributed by atoms with E-state index in [9.17, 15) is 4.79 Å². The molecule has 0 aromatic rings. The molecule has 1 heterocycles. The maximum Gasteiger partial charge on any atom is 0.321 e. The van der Waals surface area contributed by atoms with Crippen molar-refractivity contribution in [3.63, 3.8) is 0 Å². The van der Waals surface area contributed by atoms with Crippen molar-refractivity contribution in [2.75, 3.05) is 13.1 Å². The second-order valence-corrected chi connectivity index (χ2v) is 10.5. The maximum atomic E-state index is 12.8. The zero-order valence-corrected chi connectivity index (χ0v) is 17.8. The van der Waals surface area contributed by atoms with Crippen molar-refractivity contribution in [2.45, 2.75) is 105 Å². The third kappa shape index (κ3) is 5.97. The molecule has 0 saturated carbocycles. The zero-order chi connectivity index (χ0) is 18.8. The molecule has 2 amide bonds. The van der Waals surface area contributed by atoms with Crippen molar-refractivity contribution in [2.24, 2.45) is 11.3 Å². The summed E-state index contributed by atoms with van der Waals surface area (Å²) in [5, 5.41) is 0. The molecule has 3 nitrogen and oxygen atoms in total. The van der Waals surface area contributed by atoms with Gasteiger partial charge in [-0.2, -0.15) is 0 Å². The molecule has 0 N–H and O–H groups in total. The van der Waals surface area contributed by atoms with Crippen LogP contribution >= 0.6 is 0 Å². The van der Waals surface area contributed by atoms with Gasteiger partial charge in [0.25, 0.3) is 0 Å². The lowest BCUT2D eigenvalue weighted by Crippen LogP contribution is -2.50. The second-order valence-electron chi connectivity index (χ2n) is 10.5. The summed E-state index contributed by atoms with van der Waals surface area (Å²) in [4.78, 5) is 16.9. The van der Waals surface area contributed by atoms with Gasteiger partial charge in [0, 0.05) is 24.2 Å². The first-order chi connectivity index (χ1) is 10.8. The van der Waals surface area contributed by atoms with E-state index in [1.54, 1.807) is 0 Å². The highest BCUT2D eigenvalue weighted by Crippen LogP contribution is 2.36. The topological polar surface area (TPSA) is 23.6 Å². The van der Waals surface area contributed by atoms with Gasteiger partial charge in [-0.1, -0.05) is 40.5 Å². The summed E-state index contributed by atoms with van der Waals surface area (Å²) in [6.07, 6.45) is 6.16. The standard InChI is InChI=1S/C21H42N2O/c1-17(2)11-10-12-20(6,7)13-14-21(8,9)23-16-15-22(18(23)24)19(3,4)5/h17H,10-16H2,1-9H3. The van der Waals surface area contributed by atoms with Crippen molar-refractivity contribution in [3.05, 3.63) is 0 Å². The van der Waals surface area contributed by atoms with Crippen LogP contribution in [0, 0.1) is 11.3 Å². The molecule has 0 spiro atoms. The lowest BCUT2D eigenvalue weighted by atomic mass is 9.78. The van der Waals surface area contributed by atoms with Gasteiger partial charge in [0.05, 0.1) is 0 Å². The van der Waals surface area contributed by atoms with Crippen molar-refractivity contribution in [1.82, 2.24) is 9.80 Å². The molecule has 1 saturated heterocycles. The molecular weight excluding hydrogens is 296 g/mol. The van der Waals surface area contributed by atoms with Gasteiger partial charge in [0.2, 0.25) is 0 Å². The summed E-state index contributed by atoms with van der Waals surface area (Å²) in [6.45, 7) is 21.9. The van der Waals surface area contributed by atoms with Crippen molar-refractivity contribution in [1.29, 1.82) is 0 Å². The van der Waals surface area contributed by atoms with E-state index >= 15 is 0 Å². The van der Waals surface area contributed by atoms with Gasteiger partial charge in [-0.25, -0.2) is 4.79 Å². The van der Waals surface area contributed by atoms with E-state index in [2.05, 4.69) is 67.2 Å². The third-order valence-electron chi connectivity index (χ3n) is 5.60. The first kappa shape index (κ1) is 21.3. The molecule has 0 atom stereocenters. The Morgan fingerprint density at radius 1 is 0.875 bits per heavy atom. The van der Waals surface area contributed by atoms with Crippen LogP contribution in [0.2, 0.25) is 0 Å². The molecule has 0 aromatic carbocycles. The van der Waals surface area contributed by atoms with Gasteiger partial charge in [0.15, 0.2) is 0 Å².